The number of nitrogens with zero attached hydrogens (tertiary/aromatic N) is 5. The number of sulfonamides is 1. The molecule has 3 heterocycles. The first-order valence-corrected chi connectivity index (χ1v) is 18.2. The van der Waals surface area contributed by atoms with Crippen LogP contribution in [0.1, 0.15) is 25.8 Å². The van der Waals surface area contributed by atoms with Crippen LogP contribution in [0.4, 0.5) is 45.0 Å². The summed E-state index contributed by atoms with van der Waals surface area (Å²) in [5, 5.41) is 3.74. The molecule has 0 atom stereocenters. The van der Waals surface area contributed by atoms with Gasteiger partial charge in [0.2, 0.25) is 5.95 Å². The number of thiazole rings is 1. The second-order valence-corrected chi connectivity index (χ2v) is 15.5. The number of halogens is 5. The van der Waals surface area contributed by atoms with Gasteiger partial charge in [-0.3, -0.25) is 9.62 Å². The number of piperazine rings is 1. The summed E-state index contributed by atoms with van der Waals surface area (Å²) in [5.74, 6) is -3.90. The van der Waals surface area contributed by atoms with E-state index in [1.54, 1.807) is 18.2 Å². The summed E-state index contributed by atoms with van der Waals surface area (Å²) in [7, 11) is -4.86. The predicted molar refractivity (Wildman–Crippen MR) is 189 cm³/mol. The fourth-order valence-corrected chi connectivity index (χ4v) is 7.86. The first kappa shape index (κ1) is 36.1. The van der Waals surface area contributed by atoms with E-state index in [0.29, 0.717) is 70.9 Å². The van der Waals surface area contributed by atoms with Gasteiger partial charge in [0.25, 0.3) is 10.0 Å². The fraction of sp³-hybridized carbons (Fsp3) is 0.286. The van der Waals surface area contributed by atoms with Crippen molar-refractivity contribution >= 4 is 44.4 Å². The van der Waals surface area contributed by atoms with Crippen molar-refractivity contribution in [2.75, 3.05) is 54.3 Å². The maximum absolute atomic E-state index is 15.3. The Labute approximate surface area is 296 Å². The zero-order chi connectivity index (χ0) is 36.5. The van der Waals surface area contributed by atoms with Crippen molar-refractivity contribution in [2.24, 2.45) is 0 Å². The van der Waals surface area contributed by atoms with Gasteiger partial charge >= 0.3 is 0 Å². The molecule has 0 spiro atoms. The van der Waals surface area contributed by atoms with Crippen LogP contribution < -0.4 is 14.9 Å². The Hall–Kier alpha value is -4.67. The molecule has 0 aliphatic carbocycles. The molecule has 1 aliphatic heterocycles. The van der Waals surface area contributed by atoms with Gasteiger partial charge in [0, 0.05) is 55.6 Å². The Kier molecular flexibility index (Phi) is 10.3. The van der Waals surface area contributed by atoms with Crippen molar-refractivity contribution in [1.82, 2.24) is 19.9 Å². The van der Waals surface area contributed by atoms with Gasteiger partial charge in [0.15, 0.2) is 4.90 Å². The molecular weight excluding hydrogens is 710 g/mol. The van der Waals surface area contributed by atoms with E-state index >= 15 is 8.78 Å². The summed E-state index contributed by atoms with van der Waals surface area (Å²) in [5.41, 5.74) is 0.986. The second-order valence-electron chi connectivity index (χ2n) is 12.9. The molecule has 51 heavy (non-hydrogen) atoms. The van der Waals surface area contributed by atoms with Crippen molar-refractivity contribution in [1.29, 1.82) is 0 Å². The van der Waals surface area contributed by atoms with Crippen molar-refractivity contribution in [2.45, 2.75) is 31.1 Å². The molecule has 9 nitrogen and oxygen atoms in total. The van der Waals surface area contributed by atoms with Gasteiger partial charge in [-0.1, -0.05) is 26.8 Å². The minimum Gasteiger partial charge on any atom is -0.367 e. The highest BCUT2D eigenvalue weighted by molar-refractivity contribution is 7.92. The van der Waals surface area contributed by atoms with E-state index in [0.717, 1.165) is 24.3 Å². The van der Waals surface area contributed by atoms with Crippen LogP contribution in [0.15, 0.2) is 71.8 Å². The average Bonchev–Trinajstić information content (AvgIpc) is 3.53. The Balaban J connectivity index is 1.29. The Morgan fingerprint density at radius 3 is 2.25 bits per heavy atom. The highest BCUT2D eigenvalue weighted by atomic mass is 32.2. The molecular formula is C35H34F5N7O2S2. The zero-order valence-corrected chi connectivity index (χ0v) is 29.5. The maximum atomic E-state index is 15.3. The van der Waals surface area contributed by atoms with Crippen LogP contribution in [0.3, 0.4) is 0 Å². The van der Waals surface area contributed by atoms with Gasteiger partial charge in [-0.05, 0) is 54.6 Å². The highest BCUT2D eigenvalue weighted by Gasteiger charge is 2.28. The Morgan fingerprint density at radius 1 is 0.863 bits per heavy atom. The fourth-order valence-electron chi connectivity index (χ4n) is 5.54. The van der Waals surface area contributed by atoms with E-state index in [9.17, 15) is 21.6 Å². The van der Waals surface area contributed by atoms with Crippen LogP contribution in [0.2, 0.25) is 0 Å². The van der Waals surface area contributed by atoms with Gasteiger partial charge in [-0.15, -0.1) is 11.3 Å². The number of aromatic nitrogens is 3. The summed E-state index contributed by atoms with van der Waals surface area (Å²) >= 11 is 1.33. The number of alkyl halides is 1. The number of rotatable bonds is 10. The zero-order valence-electron chi connectivity index (χ0n) is 27.9. The van der Waals surface area contributed by atoms with Crippen LogP contribution in [0.5, 0.6) is 0 Å². The quantitative estimate of drug-likeness (QED) is 0.140. The molecule has 3 aromatic carbocycles. The molecule has 268 valence electrons. The van der Waals surface area contributed by atoms with Gasteiger partial charge in [-0.2, -0.15) is 0 Å². The Morgan fingerprint density at radius 2 is 1.59 bits per heavy atom. The van der Waals surface area contributed by atoms with Crippen LogP contribution in [-0.4, -0.2) is 67.7 Å². The van der Waals surface area contributed by atoms with Crippen molar-refractivity contribution < 1.29 is 30.4 Å². The normalized spacial score (nSPS) is 14.2. The van der Waals surface area contributed by atoms with E-state index in [-0.39, 0.29) is 5.95 Å². The third kappa shape index (κ3) is 7.97. The molecule has 1 fully saturated rings. The van der Waals surface area contributed by atoms with E-state index in [1.165, 1.54) is 35.7 Å². The lowest BCUT2D eigenvalue weighted by Crippen LogP contribution is -2.47. The summed E-state index contributed by atoms with van der Waals surface area (Å²) in [6, 6.07) is 12.6. The SMILES string of the molecule is CC(C)(C)c1nc(-c2ccc(F)c(NS(=O)(=O)c3c(F)cccc3F)c2)c(-c2ccnc(Nc3ccc(N4CCN(CCF)CC4)c(F)c3)n2)s1. The minimum absolute atomic E-state index is 0.163. The van der Waals surface area contributed by atoms with Crippen LogP contribution >= 0.6 is 11.3 Å². The van der Waals surface area contributed by atoms with E-state index in [1.807, 2.05) is 35.3 Å². The summed E-state index contributed by atoms with van der Waals surface area (Å²) in [6.07, 6.45) is 1.51. The monoisotopic (exact) mass is 743 g/mol. The largest absolute Gasteiger partial charge is 0.367 e. The van der Waals surface area contributed by atoms with Gasteiger partial charge < -0.3 is 10.2 Å². The van der Waals surface area contributed by atoms with E-state index in [4.69, 9.17) is 4.98 Å². The highest BCUT2D eigenvalue weighted by Crippen LogP contribution is 2.41. The molecule has 2 aromatic heterocycles. The lowest BCUT2D eigenvalue weighted by molar-refractivity contribution is 0.235. The molecule has 0 radical (unpaired) electrons. The maximum Gasteiger partial charge on any atom is 0.267 e. The molecule has 0 unspecified atom stereocenters. The van der Waals surface area contributed by atoms with Crippen LogP contribution in [-0.2, 0) is 15.4 Å². The molecule has 0 amide bonds. The smallest absolute Gasteiger partial charge is 0.267 e. The molecule has 5 aromatic rings. The average molecular weight is 744 g/mol. The summed E-state index contributed by atoms with van der Waals surface area (Å²) < 4.78 is 99.6. The van der Waals surface area contributed by atoms with Crippen molar-refractivity contribution in [3.05, 3.63) is 95.1 Å². The van der Waals surface area contributed by atoms with Crippen LogP contribution in [0, 0.1) is 23.3 Å². The molecule has 1 saturated heterocycles. The minimum atomic E-state index is -4.86. The number of hydrogen-bond donors (Lipinski definition) is 2. The third-order valence-corrected chi connectivity index (χ3v) is 11.1. The number of hydrogen-bond acceptors (Lipinski definition) is 9. The third-order valence-electron chi connectivity index (χ3n) is 8.15. The first-order chi connectivity index (χ1) is 24.2. The number of anilines is 4. The molecule has 2 N–H and O–H groups in total. The topological polar surface area (TPSA) is 103 Å². The van der Waals surface area contributed by atoms with Crippen LogP contribution in [0.25, 0.3) is 21.8 Å². The molecule has 6 rings (SSSR count). The van der Waals surface area contributed by atoms with E-state index in [2.05, 4.69) is 15.3 Å². The lowest BCUT2D eigenvalue weighted by atomic mass is 9.98. The standard InChI is InChI=1S/C35H34F5N7O2S2/c1-35(2,3)33-44-30(21-7-9-23(37)28(19-21)45-51(48,49)32-24(38)5-4-6-25(32)39)31(50-33)27-11-13-41-34(43-27)42-22-8-10-29(26(40)20-22)47-17-15-46(14-12-36)16-18-47/h4-11,13,19-20,45H,12,14-18H2,1-3H3,(H,41,42,43). The van der Waals surface area contributed by atoms with Gasteiger partial charge in [0.05, 0.1) is 32.6 Å². The van der Waals surface area contributed by atoms with Crippen molar-refractivity contribution in [3.63, 3.8) is 0 Å². The second kappa shape index (κ2) is 14.5. The lowest BCUT2D eigenvalue weighted by Gasteiger charge is -2.35. The van der Waals surface area contributed by atoms with Gasteiger partial charge in [-0.25, -0.2) is 45.3 Å². The predicted octanol–water partition coefficient (Wildman–Crippen LogP) is 7.76. The van der Waals surface area contributed by atoms with Gasteiger partial charge in [0.1, 0.15) is 29.9 Å². The van der Waals surface area contributed by atoms with Crippen molar-refractivity contribution in [3.8, 4) is 21.8 Å². The molecule has 0 saturated carbocycles. The molecule has 16 heteroatoms. The molecule has 1 aliphatic rings. The summed E-state index contributed by atoms with van der Waals surface area (Å²) in [4.78, 5) is 17.0. The van der Waals surface area contributed by atoms with E-state index < -0.39 is 56.0 Å². The molecule has 0 bridgehead atoms. The number of nitrogens with one attached hydrogen (secondary N) is 2. The summed E-state index contributed by atoms with van der Waals surface area (Å²) in [6.45, 7) is 8.27. The first-order valence-electron chi connectivity index (χ1n) is 15.9. The number of benzene rings is 3. The Bertz CT molecular complexity index is 2150.